The first-order valence-electron chi connectivity index (χ1n) is 10.2. The summed E-state index contributed by atoms with van der Waals surface area (Å²) in [6.07, 6.45) is 11.6. The SMILES string of the molecule is O=C(NCCN1CCCC[C@H]1CO)Nc1ccnn1CC1CCCCC1. The van der Waals surface area contributed by atoms with E-state index in [2.05, 4.69) is 20.6 Å². The third kappa shape index (κ3) is 5.45. The molecule has 0 bridgehead atoms. The fourth-order valence-electron chi connectivity index (χ4n) is 4.23. The molecule has 146 valence electrons. The smallest absolute Gasteiger partial charge is 0.320 e. The summed E-state index contributed by atoms with van der Waals surface area (Å²) < 4.78 is 1.92. The molecule has 2 aliphatic rings. The first kappa shape index (κ1) is 19.2. The normalized spacial score (nSPS) is 22.3. The lowest BCUT2D eigenvalue weighted by atomic mass is 9.89. The number of aliphatic hydroxyl groups excluding tert-OH is 1. The van der Waals surface area contributed by atoms with Gasteiger partial charge in [-0.3, -0.25) is 10.2 Å². The number of likely N-dealkylation sites (tertiary alicyclic amines) is 1. The highest BCUT2D eigenvalue weighted by Crippen LogP contribution is 2.25. The van der Waals surface area contributed by atoms with Gasteiger partial charge in [0.2, 0.25) is 0 Å². The van der Waals surface area contributed by atoms with E-state index in [1.54, 1.807) is 6.20 Å². The van der Waals surface area contributed by atoms with Crippen LogP contribution in [-0.2, 0) is 6.54 Å². The van der Waals surface area contributed by atoms with Crippen molar-refractivity contribution in [3.8, 4) is 0 Å². The number of nitrogens with zero attached hydrogens (tertiary/aromatic N) is 3. The summed E-state index contributed by atoms with van der Waals surface area (Å²) in [5.74, 6) is 1.43. The number of hydrogen-bond donors (Lipinski definition) is 3. The van der Waals surface area contributed by atoms with Gasteiger partial charge in [-0.1, -0.05) is 25.7 Å². The fourth-order valence-corrected chi connectivity index (χ4v) is 4.23. The van der Waals surface area contributed by atoms with Crippen LogP contribution in [0.3, 0.4) is 0 Å². The molecule has 1 aromatic heterocycles. The molecule has 3 rings (SSSR count). The van der Waals surface area contributed by atoms with Gasteiger partial charge in [0.1, 0.15) is 5.82 Å². The molecule has 7 nitrogen and oxygen atoms in total. The predicted molar refractivity (Wildman–Crippen MR) is 102 cm³/mol. The summed E-state index contributed by atoms with van der Waals surface area (Å²) >= 11 is 0. The van der Waals surface area contributed by atoms with Crippen molar-refractivity contribution >= 4 is 11.8 Å². The van der Waals surface area contributed by atoms with Crippen LogP contribution < -0.4 is 10.6 Å². The summed E-state index contributed by atoms with van der Waals surface area (Å²) in [4.78, 5) is 14.5. The van der Waals surface area contributed by atoms with Crippen molar-refractivity contribution < 1.29 is 9.90 Å². The van der Waals surface area contributed by atoms with Crippen LogP contribution in [0.15, 0.2) is 12.3 Å². The Morgan fingerprint density at radius 2 is 2.00 bits per heavy atom. The van der Waals surface area contributed by atoms with Crippen molar-refractivity contribution in [2.45, 2.75) is 64.0 Å². The lowest BCUT2D eigenvalue weighted by molar-refractivity contribution is 0.0917. The number of rotatable bonds is 7. The molecule has 0 unspecified atom stereocenters. The second-order valence-corrected chi connectivity index (χ2v) is 7.65. The zero-order valence-corrected chi connectivity index (χ0v) is 15.7. The van der Waals surface area contributed by atoms with E-state index in [1.807, 2.05) is 10.7 Å². The van der Waals surface area contributed by atoms with Crippen LogP contribution in [0.25, 0.3) is 0 Å². The third-order valence-corrected chi connectivity index (χ3v) is 5.76. The lowest BCUT2D eigenvalue weighted by Gasteiger charge is -2.34. The minimum Gasteiger partial charge on any atom is -0.395 e. The quantitative estimate of drug-likeness (QED) is 0.695. The summed E-state index contributed by atoms with van der Waals surface area (Å²) in [7, 11) is 0. The molecule has 7 heteroatoms. The molecule has 26 heavy (non-hydrogen) atoms. The number of carbonyl (C=O) groups is 1. The van der Waals surface area contributed by atoms with E-state index >= 15 is 0 Å². The number of piperidine rings is 1. The van der Waals surface area contributed by atoms with E-state index in [0.717, 1.165) is 31.9 Å². The highest BCUT2D eigenvalue weighted by Gasteiger charge is 2.21. The van der Waals surface area contributed by atoms with Gasteiger partial charge in [0.05, 0.1) is 12.8 Å². The molecule has 0 spiro atoms. The maximum atomic E-state index is 12.2. The number of nitrogens with one attached hydrogen (secondary N) is 2. The van der Waals surface area contributed by atoms with Crippen LogP contribution in [0.5, 0.6) is 0 Å². The molecule has 2 amide bonds. The number of amides is 2. The number of carbonyl (C=O) groups excluding carboxylic acids is 1. The van der Waals surface area contributed by atoms with Gasteiger partial charge < -0.3 is 10.4 Å². The maximum absolute atomic E-state index is 12.2. The third-order valence-electron chi connectivity index (χ3n) is 5.76. The zero-order chi connectivity index (χ0) is 18.2. The number of urea groups is 1. The van der Waals surface area contributed by atoms with Crippen molar-refractivity contribution in [1.29, 1.82) is 0 Å². The first-order valence-corrected chi connectivity index (χ1v) is 10.2. The van der Waals surface area contributed by atoms with E-state index in [9.17, 15) is 9.90 Å². The zero-order valence-electron chi connectivity index (χ0n) is 15.7. The van der Waals surface area contributed by atoms with Crippen molar-refractivity contribution in [2.75, 3.05) is 31.6 Å². The Labute approximate surface area is 156 Å². The van der Waals surface area contributed by atoms with E-state index in [-0.39, 0.29) is 18.7 Å². The Balaban J connectivity index is 1.41. The molecule has 1 saturated heterocycles. The minimum atomic E-state index is -0.187. The van der Waals surface area contributed by atoms with Crippen LogP contribution in [0.1, 0.15) is 51.4 Å². The van der Waals surface area contributed by atoms with Gasteiger partial charge in [0.15, 0.2) is 0 Å². The van der Waals surface area contributed by atoms with Crippen LogP contribution in [-0.4, -0.2) is 58.1 Å². The topological polar surface area (TPSA) is 82.4 Å². The Kier molecular flexibility index (Phi) is 7.32. The van der Waals surface area contributed by atoms with Gasteiger partial charge in [-0.15, -0.1) is 0 Å². The number of aromatic nitrogens is 2. The molecule has 2 fully saturated rings. The van der Waals surface area contributed by atoms with E-state index < -0.39 is 0 Å². The number of anilines is 1. The number of hydrogen-bond acceptors (Lipinski definition) is 4. The molecule has 2 heterocycles. The number of aliphatic hydroxyl groups is 1. The van der Waals surface area contributed by atoms with Crippen molar-refractivity contribution in [1.82, 2.24) is 20.0 Å². The Morgan fingerprint density at radius 1 is 1.19 bits per heavy atom. The molecular formula is C19H33N5O2. The molecule has 1 aromatic rings. The molecule has 1 atom stereocenters. The molecule has 1 saturated carbocycles. The molecule has 0 radical (unpaired) electrons. The minimum absolute atomic E-state index is 0.187. The standard InChI is InChI=1S/C19H33N5O2/c25-15-17-8-4-5-12-23(17)13-11-20-19(26)22-18-9-10-21-24(18)14-16-6-2-1-3-7-16/h9-10,16-17,25H,1-8,11-15H2,(H2,20,22,26)/t17-/m0/s1. The molecular weight excluding hydrogens is 330 g/mol. The summed E-state index contributed by atoms with van der Waals surface area (Å²) in [6, 6.07) is 1.91. The van der Waals surface area contributed by atoms with Gasteiger partial charge in [0, 0.05) is 31.7 Å². The molecule has 1 aliphatic carbocycles. The molecule has 1 aliphatic heterocycles. The van der Waals surface area contributed by atoms with Crippen molar-refractivity contribution in [3.63, 3.8) is 0 Å². The predicted octanol–water partition coefficient (Wildman–Crippen LogP) is 2.43. The van der Waals surface area contributed by atoms with Gasteiger partial charge in [-0.05, 0) is 38.1 Å². The van der Waals surface area contributed by atoms with Crippen molar-refractivity contribution in [2.24, 2.45) is 5.92 Å². The Bertz CT molecular complexity index is 556. The largest absolute Gasteiger partial charge is 0.395 e. The van der Waals surface area contributed by atoms with Crippen molar-refractivity contribution in [3.05, 3.63) is 12.3 Å². The highest BCUT2D eigenvalue weighted by atomic mass is 16.3. The monoisotopic (exact) mass is 363 g/mol. The second kappa shape index (κ2) is 9.92. The summed E-state index contributed by atoms with van der Waals surface area (Å²) in [5.41, 5.74) is 0. The molecule has 3 N–H and O–H groups in total. The average Bonchev–Trinajstić information content (AvgIpc) is 3.09. The van der Waals surface area contributed by atoms with Gasteiger partial charge in [-0.25, -0.2) is 9.48 Å². The first-order chi connectivity index (χ1) is 12.8. The van der Waals surface area contributed by atoms with Gasteiger partial charge >= 0.3 is 6.03 Å². The van der Waals surface area contributed by atoms with Crippen LogP contribution >= 0.6 is 0 Å². The molecule has 0 aromatic carbocycles. The van der Waals surface area contributed by atoms with Gasteiger partial charge in [0.25, 0.3) is 0 Å². The fraction of sp³-hybridized carbons (Fsp3) is 0.789. The maximum Gasteiger partial charge on any atom is 0.320 e. The summed E-state index contributed by atoms with van der Waals surface area (Å²) in [6.45, 7) is 3.45. The highest BCUT2D eigenvalue weighted by molar-refractivity contribution is 5.88. The van der Waals surface area contributed by atoms with Crippen LogP contribution in [0.2, 0.25) is 0 Å². The Hall–Kier alpha value is -1.60. The second-order valence-electron chi connectivity index (χ2n) is 7.65. The van der Waals surface area contributed by atoms with E-state index in [0.29, 0.717) is 12.5 Å². The van der Waals surface area contributed by atoms with Crippen LogP contribution in [0, 0.1) is 5.92 Å². The van der Waals surface area contributed by atoms with Crippen LogP contribution in [0.4, 0.5) is 10.6 Å². The summed E-state index contributed by atoms with van der Waals surface area (Å²) in [5, 5.41) is 19.7. The average molecular weight is 364 g/mol. The lowest BCUT2D eigenvalue weighted by Crippen LogP contribution is -2.46. The van der Waals surface area contributed by atoms with E-state index in [1.165, 1.54) is 44.9 Å². The Morgan fingerprint density at radius 3 is 2.81 bits per heavy atom. The van der Waals surface area contributed by atoms with E-state index in [4.69, 9.17) is 0 Å². The van der Waals surface area contributed by atoms with Gasteiger partial charge in [-0.2, -0.15) is 5.10 Å².